The van der Waals surface area contributed by atoms with Crippen LogP contribution in [0.3, 0.4) is 0 Å². The van der Waals surface area contributed by atoms with Crippen LogP contribution >= 0.6 is 0 Å². The Labute approximate surface area is 156 Å². The number of amides is 2. The third-order valence-corrected chi connectivity index (χ3v) is 4.72. The van der Waals surface area contributed by atoms with E-state index in [0.29, 0.717) is 30.8 Å². The average Bonchev–Trinajstić information content (AvgIpc) is 3.18. The number of aromatic nitrogens is 2. The number of piperidine rings is 1. The van der Waals surface area contributed by atoms with Gasteiger partial charge in [-0.1, -0.05) is 30.3 Å². The monoisotopic (exact) mass is 370 g/mol. The lowest BCUT2D eigenvalue weighted by atomic mass is 9.98. The highest BCUT2D eigenvalue weighted by atomic mass is 16.4. The Kier molecular flexibility index (Phi) is 5.54. The van der Waals surface area contributed by atoms with Gasteiger partial charge in [-0.15, -0.1) is 0 Å². The Bertz CT molecular complexity index is 833. The van der Waals surface area contributed by atoms with Crippen molar-refractivity contribution in [3.8, 4) is 11.3 Å². The molecule has 1 fully saturated rings. The Morgan fingerprint density at radius 1 is 1.30 bits per heavy atom. The molecule has 1 aliphatic rings. The molecule has 27 heavy (non-hydrogen) atoms. The van der Waals surface area contributed by atoms with Crippen LogP contribution in [0.15, 0.2) is 36.4 Å². The summed E-state index contributed by atoms with van der Waals surface area (Å²) >= 11 is 0. The van der Waals surface area contributed by atoms with Crippen LogP contribution in [0.4, 0.5) is 0 Å². The maximum atomic E-state index is 12.6. The van der Waals surface area contributed by atoms with Crippen LogP contribution in [0, 0.1) is 5.92 Å². The minimum atomic E-state index is -0.886. The largest absolute Gasteiger partial charge is 0.481 e. The van der Waals surface area contributed by atoms with Crippen LogP contribution in [-0.2, 0) is 9.59 Å². The van der Waals surface area contributed by atoms with E-state index in [0.717, 1.165) is 5.56 Å². The van der Waals surface area contributed by atoms with Gasteiger partial charge in [-0.05, 0) is 18.9 Å². The van der Waals surface area contributed by atoms with Gasteiger partial charge in [0.2, 0.25) is 5.91 Å². The van der Waals surface area contributed by atoms with Gasteiger partial charge in [-0.2, -0.15) is 5.10 Å². The van der Waals surface area contributed by atoms with Crippen molar-refractivity contribution in [1.82, 2.24) is 20.0 Å². The first kappa shape index (κ1) is 18.6. The number of carboxylic acids is 1. The Morgan fingerprint density at radius 2 is 2.04 bits per heavy atom. The van der Waals surface area contributed by atoms with Crippen LogP contribution < -0.4 is 0 Å². The number of carbonyl (C=O) groups is 3. The molecular weight excluding hydrogens is 348 g/mol. The number of rotatable bonds is 5. The Balaban J connectivity index is 1.61. The molecule has 1 aromatic heterocycles. The zero-order chi connectivity index (χ0) is 19.4. The summed E-state index contributed by atoms with van der Waals surface area (Å²) in [5.41, 5.74) is 1.84. The second-order valence-electron chi connectivity index (χ2n) is 6.71. The maximum Gasteiger partial charge on any atom is 0.308 e. The lowest BCUT2D eigenvalue weighted by Crippen LogP contribution is -2.46. The van der Waals surface area contributed by atoms with Crippen molar-refractivity contribution < 1.29 is 19.5 Å². The van der Waals surface area contributed by atoms with E-state index in [1.807, 2.05) is 30.3 Å². The first-order chi connectivity index (χ1) is 13.0. The topological polar surface area (TPSA) is 107 Å². The van der Waals surface area contributed by atoms with Crippen LogP contribution in [0.25, 0.3) is 11.3 Å². The predicted molar refractivity (Wildman–Crippen MR) is 97.9 cm³/mol. The van der Waals surface area contributed by atoms with Crippen molar-refractivity contribution >= 4 is 17.8 Å². The van der Waals surface area contributed by atoms with Crippen LogP contribution in [-0.4, -0.2) is 69.6 Å². The molecule has 0 bridgehead atoms. The van der Waals surface area contributed by atoms with E-state index in [1.165, 1.54) is 9.80 Å². The number of H-pyrrole nitrogens is 1. The molecule has 1 atom stereocenters. The second-order valence-corrected chi connectivity index (χ2v) is 6.71. The quantitative estimate of drug-likeness (QED) is 0.829. The number of likely N-dealkylation sites (N-methyl/N-ethyl adjacent to an activating group) is 1. The van der Waals surface area contributed by atoms with Crippen molar-refractivity contribution in [3.05, 3.63) is 42.1 Å². The van der Waals surface area contributed by atoms with Crippen molar-refractivity contribution in [2.75, 3.05) is 26.7 Å². The maximum absolute atomic E-state index is 12.6. The van der Waals surface area contributed by atoms with E-state index in [1.54, 1.807) is 13.1 Å². The van der Waals surface area contributed by atoms with Gasteiger partial charge < -0.3 is 14.9 Å². The standard InChI is InChI=1S/C19H22N4O4/c1-22(12-17(24)23-9-5-8-14(11-23)19(26)27)18(25)16-10-15(20-21-16)13-6-3-2-4-7-13/h2-4,6-7,10,14H,5,8-9,11-12H2,1H3,(H,20,21)(H,26,27). The number of aromatic amines is 1. The predicted octanol–water partition coefficient (Wildman–Crippen LogP) is 1.47. The molecule has 2 aromatic rings. The van der Waals surface area contributed by atoms with Crippen molar-refractivity contribution in [2.45, 2.75) is 12.8 Å². The van der Waals surface area contributed by atoms with Crippen molar-refractivity contribution in [2.24, 2.45) is 5.92 Å². The van der Waals surface area contributed by atoms with Gasteiger partial charge in [0.25, 0.3) is 5.91 Å². The molecule has 2 N–H and O–H groups in total. The third-order valence-electron chi connectivity index (χ3n) is 4.72. The summed E-state index contributed by atoms with van der Waals surface area (Å²) in [5.74, 6) is -2.02. The van der Waals surface area contributed by atoms with Gasteiger partial charge in [0, 0.05) is 25.7 Å². The molecule has 0 saturated carbocycles. The lowest BCUT2D eigenvalue weighted by Gasteiger charge is -2.31. The number of carboxylic acid groups (broad SMARTS) is 1. The minimum Gasteiger partial charge on any atom is -0.481 e. The Hall–Kier alpha value is -3.16. The smallest absolute Gasteiger partial charge is 0.308 e. The highest BCUT2D eigenvalue weighted by molar-refractivity contribution is 5.95. The zero-order valence-corrected chi connectivity index (χ0v) is 15.1. The van der Waals surface area contributed by atoms with E-state index in [2.05, 4.69) is 10.2 Å². The number of nitrogens with zero attached hydrogens (tertiary/aromatic N) is 3. The number of benzene rings is 1. The fourth-order valence-electron chi connectivity index (χ4n) is 3.17. The normalized spacial score (nSPS) is 16.8. The molecule has 1 aromatic carbocycles. The molecule has 1 aliphatic heterocycles. The number of aliphatic carboxylic acids is 1. The minimum absolute atomic E-state index is 0.106. The van der Waals surface area contributed by atoms with Gasteiger partial charge >= 0.3 is 5.97 Å². The molecule has 1 unspecified atom stereocenters. The van der Waals surface area contributed by atoms with Gasteiger partial charge in [-0.25, -0.2) is 0 Å². The van der Waals surface area contributed by atoms with Crippen molar-refractivity contribution in [3.63, 3.8) is 0 Å². The van der Waals surface area contributed by atoms with E-state index < -0.39 is 11.9 Å². The number of carbonyl (C=O) groups excluding carboxylic acids is 2. The Morgan fingerprint density at radius 3 is 2.74 bits per heavy atom. The molecular formula is C19H22N4O4. The van der Waals surface area contributed by atoms with Crippen molar-refractivity contribution in [1.29, 1.82) is 0 Å². The number of hydrogen-bond acceptors (Lipinski definition) is 4. The first-order valence-corrected chi connectivity index (χ1v) is 8.82. The molecule has 3 rings (SSSR count). The molecule has 1 saturated heterocycles. The fourth-order valence-corrected chi connectivity index (χ4v) is 3.17. The summed E-state index contributed by atoms with van der Waals surface area (Å²) < 4.78 is 0. The average molecular weight is 370 g/mol. The number of nitrogens with one attached hydrogen (secondary N) is 1. The molecule has 0 aliphatic carbocycles. The lowest BCUT2D eigenvalue weighted by molar-refractivity contribution is -0.145. The van der Waals surface area contributed by atoms with Crippen LogP contribution in [0.5, 0.6) is 0 Å². The zero-order valence-electron chi connectivity index (χ0n) is 15.1. The molecule has 8 nitrogen and oxygen atoms in total. The highest BCUT2D eigenvalue weighted by Gasteiger charge is 2.29. The molecule has 0 spiro atoms. The summed E-state index contributed by atoms with van der Waals surface area (Å²) in [6.07, 6.45) is 1.23. The fraction of sp³-hybridized carbons (Fsp3) is 0.368. The summed E-state index contributed by atoms with van der Waals surface area (Å²) in [6.45, 7) is 0.607. The van der Waals surface area contributed by atoms with Crippen LogP contribution in [0.1, 0.15) is 23.3 Å². The molecule has 8 heteroatoms. The number of likely N-dealkylation sites (tertiary alicyclic amines) is 1. The SMILES string of the molecule is CN(CC(=O)N1CCCC(C(=O)O)C1)C(=O)c1cc(-c2ccccc2)n[nH]1. The summed E-state index contributed by atoms with van der Waals surface area (Å²) in [7, 11) is 1.54. The van der Waals surface area contributed by atoms with Gasteiger partial charge in [0.1, 0.15) is 5.69 Å². The van der Waals surface area contributed by atoms with E-state index in [-0.39, 0.29) is 24.9 Å². The summed E-state index contributed by atoms with van der Waals surface area (Å²) in [4.78, 5) is 39.0. The summed E-state index contributed by atoms with van der Waals surface area (Å²) in [5, 5.41) is 16.0. The highest BCUT2D eigenvalue weighted by Crippen LogP contribution is 2.19. The molecule has 142 valence electrons. The van der Waals surface area contributed by atoms with E-state index in [4.69, 9.17) is 5.11 Å². The van der Waals surface area contributed by atoms with Gasteiger partial charge in [-0.3, -0.25) is 19.5 Å². The van der Waals surface area contributed by atoms with Gasteiger partial charge in [0.15, 0.2) is 0 Å². The van der Waals surface area contributed by atoms with E-state index in [9.17, 15) is 14.4 Å². The van der Waals surface area contributed by atoms with E-state index >= 15 is 0 Å². The summed E-state index contributed by atoms with van der Waals surface area (Å²) in [6, 6.07) is 11.1. The first-order valence-electron chi connectivity index (χ1n) is 8.82. The second kappa shape index (κ2) is 8.03. The molecule has 2 heterocycles. The third kappa shape index (κ3) is 4.33. The number of hydrogen-bond donors (Lipinski definition) is 2. The molecule has 0 radical (unpaired) electrons. The van der Waals surface area contributed by atoms with Crippen LogP contribution in [0.2, 0.25) is 0 Å². The molecule has 2 amide bonds. The van der Waals surface area contributed by atoms with Gasteiger partial charge in [0.05, 0.1) is 18.2 Å².